The van der Waals surface area contributed by atoms with Crippen molar-refractivity contribution >= 4 is 43.6 Å². The van der Waals surface area contributed by atoms with Gasteiger partial charge in [0.15, 0.2) is 5.82 Å². The van der Waals surface area contributed by atoms with Gasteiger partial charge in [-0.2, -0.15) is 15.0 Å². The number of rotatable bonds is 3. The van der Waals surface area contributed by atoms with E-state index in [4.69, 9.17) is 15.0 Å². The summed E-state index contributed by atoms with van der Waals surface area (Å²) in [6.07, 6.45) is 0. The van der Waals surface area contributed by atoms with E-state index in [1.807, 2.05) is 0 Å². The molecule has 0 amide bonds. The summed E-state index contributed by atoms with van der Waals surface area (Å²) in [7, 11) is 0. The molecule has 2 atom stereocenters. The Morgan fingerprint density at radius 3 is 1.38 bits per heavy atom. The van der Waals surface area contributed by atoms with Gasteiger partial charge in [-0.3, -0.25) is 9.13 Å². The Morgan fingerprint density at radius 2 is 0.845 bits per heavy atom. The molecule has 2 unspecified atom stereocenters. The first kappa shape index (κ1) is 33.3. The van der Waals surface area contributed by atoms with Crippen LogP contribution in [0.3, 0.4) is 0 Å². The van der Waals surface area contributed by atoms with Gasteiger partial charge in [0.25, 0.3) is 0 Å². The zero-order valence-corrected chi connectivity index (χ0v) is 33.0. The van der Waals surface area contributed by atoms with Crippen LogP contribution in [0.4, 0.5) is 0 Å². The molecule has 0 radical (unpaired) electrons. The van der Waals surface area contributed by atoms with Crippen molar-refractivity contribution < 1.29 is 0 Å². The highest BCUT2D eigenvalue weighted by Crippen LogP contribution is 2.62. The Morgan fingerprint density at radius 1 is 0.414 bits per heavy atom. The van der Waals surface area contributed by atoms with Crippen molar-refractivity contribution in [3.05, 3.63) is 197 Å². The minimum Gasteiger partial charge on any atom is -0.278 e. The van der Waals surface area contributed by atoms with E-state index in [2.05, 4.69) is 201 Å². The van der Waals surface area contributed by atoms with Crippen LogP contribution < -0.4 is 0 Å². The van der Waals surface area contributed by atoms with Crippen LogP contribution in [0.15, 0.2) is 164 Å². The first-order valence-corrected chi connectivity index (χ1v) is 20.4. The van der Waals surface area contributed by atoms with Gasteiger partial charge in [-0.25, -0.2) is 0 Å². The summed E-state index contributed by atoms with van der Waals surface area (Å²) in [5.41, 5.74) is 13.3. The maximum atomic E-state index is 5.45. The Hall–Kier alpha value is -6.85. The van der Waals surface area contributed by atoms with Gasteiger partial charge >= 0.3 is 0 Å². The molecule has 3 aromatic heterocycles. The zero-order chi connectivity index (χ0) is 38.9. The SMILES string of the molecule is CC1(C)c2ccc(-c3nc(-n4c5ccccc5c5ccccc54)nc(-n4c5ccccc5c5ccccc54)n3)cc2C2c3ccccc3C(C)(C)C2c2ccccc21. The Labute approximate surface area is 337 Å². The Balaban J connectivity index is 1.17. The molecule has 12 rings (SSSR count). The molecule has 5 heteroatoms. The maximum Gasteiger partial charge on any atom is 0.240 e. The zero-order valence-electron chi connectivity index (χ0n) is 33.0. The van der Waals surface area contributed by atoms with Crippen molar-refractivity contribution in [1.82, 2.24) is 24.1 Å². The van der Waals surface area contributed by atoms with Crippen LogP contribution in [0.2, 0.25) is 0 Å². The average Bonchev–Trinajstić information content (AvgIpc) is 3.84. The van der Waals surface area contributed by atoms with Crippen LogP contribution in [-0.4, -0.2) is 24.1 Å². The van der Waals surface area contributed by atoms with Crippen molar-refractivity contribution in [2.75, 3.05) is 0 Å². The van der Waals surface area contributed by atoms with Crippen LogP contribution in [0.1, 0.15) is 72.9 Å². The van der Waals surface area contributed by atoms with Gasteiger partial charge in [-0.1, -0.05) is 161 Å². The third-order valence-electron chi connectivity index (χ3n) is 13.6. The fourth-order valence-corrected chi connectivity index (χ4v) is 11.0. The molecule has 5 nitrogen and oxygen atoms in total. The topological polar surface area (TPSA) is 48.5 Å². The van der Waals surface area contributed by atoms with Crippen molar-refractivity contribution in [3.63, 3.8) is 0 Å². The first-order chi connectivity index (χ1) is 28.3. The lowest BCUT2D eigenvalue weighted by Gasteiger charge is -2.33. The fraction of sp³-hybridized carbons (Fsp3) is 0.151. The monoisotopic (exact) mass is 747 g/mol. The third-order valence-corrected chi connectivity index (χ3v) is 13.6. The molecule has 0 fully saturated rings. The molecule has 0 aliphatic heterocycles. The quantitative estimate of drug-likeness (QED) is 0.181. The van der Waals surface area contributed by atoms with E-state index < -0.39 is 0 Å². The summed E-state index contributed by atoms with van der Waals surface area (Å²) >= 11 is 0. The fourth-order valence-electron chi connectivity index (χ4n) is 11.0. The van der Waals surface area contributed by atoms with Crippen LogP contribution in [0.5, 0.6) is 0 Å². The first-order valence-electron chi connectivity index (χ1n) is 20.4. The summed E-state index contributed by atoms with van der Waals surface area (Å²) in [6.45, 7) is 9.68. The minimum absolute atomic E-state index is 0.0777. The largest absolute Gasteiger partial charge is 0.278 e. The maximum absolute atomic E-state index is 5.45. The normalized spacial score (nSPS) is 17.6. The van der Waals surface area contributed by atoms with E-state index in [1.54, 1.807) is 0 Å². The molecule has 0 spiro atoms. The van der Waals surface area contributed by atoms with Gasteiger partial charge in [0.2, 0.25) is 11.9 Å². The van der Waals surface area contributed by atoms with Crippen molar-refractivity contribution in [3.8, 4) is 23.3 Å². The van der Waals surface area contributed by atoms with Gasteiger partial charge < -0.3 is 0 Å². The molecule has 10 aromatic rings. The standard InChI is InChI=1S/C53H41N5/c1-52(2)41-24-12-6-22-38(41)48-47(37-21-5-11-23-40(37)53(48,3)4)39-31-32(29-30-42(39)52)49-54-50(57-43-25-13-7-17-33(43)34-18-8-14-26-44(34)57)56-51(55-49)58-45-27-15-9-19-35(45)36-20-10-16-28-46(36)58/h5-31,47-48H,1-4H3. The van der Waals surface area contributed by atoms with Crippen molar-refractivity contribution in [2.45, 2.75) is 50.4 Å². The molecular formula is C53H41N5. The highest BCUT2D eigenvalue weighted by atomic mass is 15.3. The van der Waals surface area contributed by atoms with Crippen LogP contribution in [-0.2, 0) is 10.8 Å². The summed E-state index contributed by atoms with van der Waals surface area (Å²) < 4.78 is 4.42. The number of nitrogens with zero attached hydrogens (tertiary/aromatic N) is 5. The second-order valence-electron chi connectivity index (χ2n) is 17.3. The summed E-state index contributed by atoms with van der Waals surface area (Å²) in [5.74, 6) is 2.25. The predicted octanol–water partition coefficient (Wildman–Crippen LogP) is 12.6. The smallest absolute Gasteiger partial charge is 0.240 e. The van der Waals surface area contributed by atoms with Gasteiger partial charge in [-0.15, -0.1) is 0 Å². The van der Waals surface area contributed by atoms with Gasteiger partial charge in [0, 0.05) is 44.4 Å². The molecule has 0 saturated carbocycles. The van der Waals surface area contributed by atoms with E-state index in [0.29, 0.717) is 17.7 Å². The average molecular weight is 748 g/mol. The van der Waals surface area contributed by atoms with E-state index in [1.165, 1.54) is 54.9 Å². The molecule has 58 heavy (non-hydrogen) atoms. The second-order valence-corrected chi connectivity index (χ2v) is 17.3. The number of para-hydroxylation sites is 4. The van der Waals surface area contributed by atoms with E-state index >= 15 is 0 Å². The van der Waals surface area contributed by atoms with Crippen LogP contribution in [0.25, 0.3) is 66.9 Å². The lowest BCUT2D eigenvalue weighted by molar-refractivity contribution is 0.422. The van der Waals surface area contributed by atoms with E-state index in [0.717, 1.165) is 27.6 Å². The van der Waals surface area contributed by atoms with Crippen molar-refractivity contribution in [2.24, 2.45) is 0 Å². The molecule has 0 bridgehead atoms. The number of fused-ring (bicyclic) bond motifs is 13. The molecule has 2 aliphatic carbocycles. The van der Waals surface area contributed by atoms with E-state index in [9.17, 15) is 0 Å². The molecule has 278 valence electrons. The molecule has 3 heterocycles. The van der Waals surface area contributed by atoms with Crippen molar-refractivity contribution in [1.29, 1.82) is 0 Å². The van der Waals surface area contributed by atoms with Gasteiger partial charge in [-0.05, 0) is 69.1 Å². The summed E-state index contributed by atoms with van der Waals surface area (Å²) in [4.78, 5) is 16.3. The third kappa shape index (κ3) is 4.44. The number of hydrogen-bond donors (Lipinski definition) is 0. The van der Waals surface area contributed by atoms with Gasteiger partial charge in [0.05, 0.1) is 22.1 Å². The van der Waals surface area contributed by atoms with Crippen LogP contribution in [0, 0.1) is 0 Å². The van der Waals surface area contributed by atoms with Crippen LogP contribution >= 0.6 is 0 Å². The number of aromatic nitrogens is 5. The Bertz CT molecular complexity index is 3090. The molecule has 0 N–H and O–H groups in total. The predicted molar refractivity (Wildman–Crippen MR) is 237 cm³/mol. The second kappa shape index (κ2) is 11.8. The summed E-state index contributed by atoms with van der Waals surface area (Å²) in [6, 6.07) is 59.6. The lowest BCUT2D eigenvalue weighted by atomic mass is 9.69. The Kier molecular flexibility index (Phi) is 6.80. The summed E-state index contributed by atoms with van der Waals surface area (Å²) in [5, 5.41) is 4.66. The highest BCUT2D eigenvalue weighted by molar-refractivity contribution is 6.10. The van der Waals surface area contributed by atoms with E-state index in [-0.39, 0.29) is 22.7 Å². The molecular weight excluding hydrogens is 707 g/mol. The molecule has 7 aromatic carbocycles. The number of hydrogen-bond acceptors (Lipinski definition) is 3. The lowest BCUT2D eigenvalue weighted by Crippen LogP contribution is -2.26. The minimum atomic E-state index is -0.221. The molecule has 2 aliphatic rings. The number of benzene rings is 7. The van der Waals surface area contributed by atoms with Gasteiger partial charge in [0.1, 0.15) is 0 Å². The highest BCUT2D eigenvalue weighted by Gasteiger charge is 2.52. The molecule has 0 saturated heterocycles.